The summed E-state index contributed by atoms with van der Waals surface area (Å²) in [6.45, 7) is 2.14. The van der Waals surface area contributed by atoms with Gasteiger partial charge in [-0.25, -0.2) is 27.9 Å². The second-order valence-corrected chi connectivity index (χ2v) is 10.0. The summed E-state index contributed by atoms with van der Waals surface area (Å²) < 4.78 is 36.9. The number of fused-ring (bicyclic) bond motifs is 1. The summed E-state index contributed by atoms with van der Waals surface area (Å²) in [4.78, 5) is 25.7. The summed E-state index contributed by atoms with van der Waals surface area (Å²) in [6, 6.07) is 8.99. The Balaban J connectivity index is 1.46. The molecule has 0 spiro atoms. The van der Waals surface area contributed by atoms with Gasteiger partial charge in [-0.05, 0) is 54.1 Å². The Morgan fingerprint density at radius 1 is 1.18 bits per heavy atom. The number of anilines is 1. The summed E-state index contributed by atoms with van der Waals surface area (Å²) in [5.41, 5.74) is 2.32. The number of aromatic nitrogens is 3. The minimum atomic E-state index is -3.75. The molecular formula is C22H21FN6O3S2. The van der Waals surface area contributed by atoms with Crippen molar-refractivity contribution < 1.29 is 17.6 Å². The number of nitrogens with zero attached hydrogens (tertiary/aromatic N) is 3. The zero-order chi connectivity index (χ0) is 24.3. The molecule has 176 valence electrons. The van der Waals surface area contributed by atoms with Crippen LogP contribution in [0.25, 0.3) is 10.2 Å². The number of primary sulfonamides is 1. The van der Waals surface area contributed by atoms with Crippen LogP contribution < -0.4 is 15.8 Å². The number of thiophene rings is 1. The summed E-state index contributed by atoms with van der Waals surface area (Å²) in [6.07, 6.45) is 3.16. The standard InChI is InChI=1S/C22H21FN6O3S2/c1-13(15-10-16(23)12-25-11-15)27-22-28-18-7-9-33-20(18)19(29-22)21(30)26-8-6-14-2-4-17(5-3-14)34(24,31)32/h2-5,7,9-13H,6,8H2,1H3,(H,26,30)(H2,24,31,32)(H,27,28,29). The molecule has 3 heterocycles. The first-order chi connectivity index (χ1) is 16.2. The lowest BCUT2D eigenvalue weighted by atomic mass is 10.1. The first kappa shape index (κ1) is 23.7. The van der Waals surface area contributed by atoms with Crippen LogP contribution in [-0.2, 0) is 16.4 Å². The third-order valence-corrected chi connectivity index (χ3v) is 6.88. The predicted octanol–water partition coefficient (Wildman–Crippen LogP) is 3.02. The highest BCUT2D eigenvalue weighted by Gasteiger charge is 2.18. The molecule has 0 aliphatic rings. The van der Waals surface area contributed by atoms with Gasteiger partial charge in [0.15, 0.2) is 5.69 Å². The second-order valence-electron chi connectivity index (χ2n) is 7.53. The van der Waals surface area contributed by atoms with Gasteiger partial charge in [0.05, 0.1) is 27.4 Å². The molecule has 0 bridgehead atoms. The van der Waals surface area contributed by atoms with E-state index in [0.29, 0.717) is 28.7 Å². The molecule has 1 aromatic carbocycles. The zero-order valence-corrected chi connectivity index (χ0v) is 19.7. The number of rotatable bonds is 8. The number of nitrogens with two attached hydrogens (primary N) is 1. The van der Waals surface area contributed by atoms with E-state index in [4.69, 9.17) is 5.14 Å². The topological polar surface area (TPSA) is 140 Å². The van der Waals surface area contributed by atoms with Gasteiger partial charge in [0, 0.05) is 12.7 Å². The zero-order valence-electron chi connectivity index (χ0n) is 18.0. The number of hydrogen-bond acceptors (Lipinski definition) is 8. The lowest BCUT2D eigenvalue weighted by Crippen LogP contribution is -2.27. The average Bonchev–Trinajstić information content (AvgIpc) is 3.27. The molecule has 1 unspecified atom stereocenters. The molecule has 9 nitrogen and oxygen atoms in total. The average molecular weight is 501 g/mol. The number of hydrogen-bond donors (Lipinski definition) is 3. The second kappa shape index (κ2) is 9.79. The summed E-state index contributed by atoms with van der Waals surface area (Å²) in [7, 11) is -3.75. The van der Waals surface area contributed by atoms with Crippen LogP contribution in [0.2, 0.25) is 0 Å². The molecular weight excluding hydrogens is 479 g/mol. The van der Waals surface area contributed by atoms with E-state index >= 15 is 0 Å². The first-order valence-electron chi connectivity index (χ1n) is 10.2. The largest absolute Gasteiger partial charge is 0.350 e. The Morgan fingerprint density at radius 2 is 1.94 bits per heavy atom. The quantitative estimate of drug-likeness (QED) is 0.338. The number of nitrogens with one attached hydrogen (secondary N) is 2. The highest BCUT2D eigenvalue weighted by atomic mass is 32.2. The van der Waals surface area contributed by atoms with Crippen molar-refractivity contribution in [2.45, 2.75) is 24.3 Å². The summed E-state index contributed by atoms with van der Waals surface area (Å²) in [5, 5.41) is 12.9. The molecule has 1 atom stereocenters. The summed E-state index contributed by atoms with van der Waals surface area (Å²) >= 11 is 1.36. The van der Waals surface area contributed by atoms with Crippen molar-refractivity contribution >= 4 is 43.4 Å². The Labute approximate surface area is 199 Å². The van der Waals surface area contributed by atoms with Crippen molar-refractivity contribution in [3.05, 3.63) is 76.8 Å². The van der Waals surface area contributed by atoms with Gasteiger partial charge in [-0.1, -0.05) is 12.1 Å². The van der Waals surface area contributed by atoms with Crippen molar-refractivity contribution in [3.63, 3.8) is 0 Å². The Bertz CT molecular complexity index is 1440. The van der Waals surface area contributed by atoms with Gasteiger partial charge < -0.3 is 10.6 Å². The Kier molecular flexibility index (Phi) is 6.82. The monoisotopic (exact) mass is 500 g/mol. The van der Waals surface area contributed by atoms with Gasteiger partial charge in [0.2, 0.25) is 16.0 Å². The van der Waals surface area contributed by atoms with Crippen molar-refractivity contribution in [2.24, 2.45) is 5.14 Å². The number of pyridine rings is 1. The molecule has 0 saturated heterocycles. The molecule has 4 aromatic rings. The molecule has 3 aromatic heterocycles. The lowest BCUT2D eigenvalue weighted by molar-refractivity contribution is 0.0951. The van der Waals surface area contributed by atoms with Gasteiger partial charge in [0.1, 0.15) is 5.82 Å². The van der Waals surface area contributed by atoms with E-state index in [0.717, 1.165) is 11.8 Å². The van der Waals surface area contributed by atoms with Gasteiger partial charge in [-0.3, -0.25) is 9.78 Å². The number of carbonyl (C=O) groups excluding carboxylic acids is 1. The molecule has 0 fully saturated rings. The minimum absolute atomic E-state index is 0.0321. The maximum atomic E-state index is 13.5. The van der Waals surface area contributed by atoms with Crippen LogP contribution in [0, 0.1) is 5.82 Å². The van der Waals surface area contributed by atoms with Crippen molar-refractivity contribution in [1.82, 2.24) is 20.3 Å². The number of benzene rings is 1. The molecule has 4 N–H and O–H groups in total. The van der Waals surface area contributed by atoms with Crippen LogP contribution in [0.1, 0.15) is 34.6 Å². The van der Waals surface area contributed by atoms with E-state index in [1.807, 2.05) is 12.3 Å². The Morgan fingerprint density at radius 3 is 2.65 bits per heavy atom. The van der Waals surface area contributed by atoms with E-state index in [2.05, 4.69) is 25.6 Å². The fourth-order valence-corrected chi connectivity index (χ4v) is 4.61. The van der Waals surface area contributed by atoms with E-state index in [-0.39, 0.29) is 28.5 Å². The number of carbonyl (C=O) groups is 1. The van der Waals surface area contributed by atoms with Crippen molar-refractivity contribution in [1.29, 1.82) is 0 Å². The molecule has 0 radical (unpaired) electrons. The normalized spacial score (nSPS) is 12.4. The first-order valence-corrected chi connectivity index (χ1v) is 12.7. The number of amides is 1. The van der Waals surface area contributed by atoms with E-state index in [9.17, 15) is 17.6 Å². The molecule has 0 aliphatic heterocycles. The smallest absolute Gasteiger partial charge is 0.271 e. The van der Waals surface area contributed by atoms with E-state index in [1.54, 1.807) is 24.4 Å². The van der Waals surface area contributed by atoms with Crippen LogP contribution in [0.3, 0.4) is 0 Å². The van der Waals surface area contributed by atoms with Crippen molar-refractivity contribution in [3.8, 4) is 0 Å². The van der Waals surface area contributed by atoms with Gasteiger partial charge in [-0.15, -0.1) is 11.3 Å². The van der Waals surface area contributed by atoms with Gasteiger partial charge in [-0.2, -0.15) is 0 Å². The fourth-order valence-electron chi connectivity index (χ4n) is 3.27. The van der Waals surface area contributed by atoms with Crippen molar-refractivity contribution in [2.75, 3.05) is 11.9 Å². The molecule has 34 heavy (non-hydrogen) atoms. The third-order valence-electron chi connectivity index (χ3n) is 5.04. The van der Waals surface area contributed by atoms with Gasteiger partial charge in [0.25, 0.3) is 5.91 Å². The van der Waals surface area contributed by atoms with Crippen LogP contribution in [0.5, 0.6) is 0 Å². The van der Waals surface area contributed by atoms with Crippen LogP contribution in [-0.4, -0.2) is 35.8 Å². The fraction of sp³-hybridized carbons (Fsp3) is 0.182. The molecule has 0 aliphatic carbocycles. The molecule has 12 heteroatoms. The summed E-state index contributed by atoms with van der Waals surface area (Å²) in [5.74, 6) is -0.565. The van der Waals surface area contributed by atoms with Crippen LogP contribution in [0.4, 0.5) is 10.3 Å². The maximum Gasteiger partial charge on any atom is 0.271 e. The third kappa shape index (κ3) is 5.53. The molecule has 0 saturated carbocycles. The van der Waals surface area contributed by atoms with Crippen LogP contribution >= 0.6 is 11.3 Å². The number of halogens is 1. The highest BCUT2D eigenvalue weighted by Crippen LogP contribution is 2.25. The van der Waals surface area contributed by atoms with Gasteiger partial charge >= 0.3 is 0 Å². The number of sulfonamides is 1. The molecule has 1 amide bonds. The Hall–Kier alpha value is -3.48. The van der Waals surface area contributed by atoms with E-state index in [1.165, 1.54) is 29.5 Å². The highest BCUT2D eigenvalue weighted by molar-refractivity contribution is 7.89. The predicted molar refractivity (Wildman–Crippen MR) is 128 cm³/mol. The molecule has 4 rings (SSSR count). The van der Waals surface area contributed by atoms with Crippen LogP contribution in [0.15, 0.2) is 59.1 Å². The lowest BCUT2D eigenvalue weighted by Gasteiger charge is -2.15. The SMILES string of the molecule is CC(Nc1nc(C(=O)NCCc2ccc(S(N)(=O)=O)cc2)c2sccc2n1)c1cncc(F)c1. The maximum absolute atomic E-state index is 13.5. The van der Waals surface area contributed by atoms with E-state index < -0.39 is 15.8 Å². The minimum Gasteiger partial charge on any atom is -0.350 e.